The lowest BCUT2D eigenvalue weighted by Crippen LogP contribution is -2.45. The minimum absolute atomic E-state index is 0.0654. The van der Waals surface area contributed by atoms with E-state index >= 15 is 0 Å². The smallest absolute Gasteiger partial charge is 0.242 e. The number of amides is 1. The van der Waals surface area contributed by atoms with Crippen molar-refractivity contribution in [2.75, 3.05) is 0 Å². The Labute approximate surface area is 128 Å². The second-order valence-electron chi connectivity index (χ2n) is 5.24. The predicted molar refractivity (Wildman–Crippen MR) is 78.9 cm³/mol. The second kappa shape index (κ2) is 6.72. The average molecular weight is 337 g/mol. The van der Waals surface area contributed by atoms with Crippen LogP contribution >= 0.6 is 11.6 Å². The van der Waals surface area contributed by atoms with Gasteiger partial charge in [0, 0.05) is 0 Å². The number of halogens is 2. The molecule has 3 N–H and O–H groups in total. The van der Waals surface area contributed by atoms with Crippen LogP contribution in [0, 0.1) is 18.7 Å². The molecule has 0 unspecified atom stereocenters. The average Bonchev–Trinajstić information content (AvgIpc) is 2.31. The number of benzene rings is 1. The molecule has 1 atom stereocenters. The number of primary amides is 1. The van der Waals surface area contributed by atoms with E-state index in [-0.39, 0.29) is 27.8 Å². The van der Waals surface area contributed by atoms with Crippen LogP contribution in [0.3, 0.4) is 0 Å². The van der Waals surface area contributed by atoms with Crippen LogP contribution in [0.15, 0.2) is 17.0 Å². The lowest BCUT2D eigenvalue weighted by molar-refractivity contribution is -0.119. The van der Waals surface area contributed by atoms with Crippen molar-refractivity contribution >= 4 is 27.5 Å². The number of hydrogen-bond donors (Lipinski definition) is 2. The van der Waals surface area contributed by atoms with E-state index < -0.39 is 27.8 Å². The maximum Gasteiger partial charge on any atom is 0.242 e. The first-order chi connectivity index (χ1) is 9.54. The lowest BCUT2D eigenvalue weighted by atomic mass is 10.0. The van der Waals surface area contributed by atoms with Crippen molar-refractivity contribution in [2.45, 2.75) is 38.1 Å². The van der Waals surface area contributed by atoms with E-state index in [2.05, 4.69) is 4.72 Å². The molecule has 5 nitrogen and oxygen atoms in total. The van der Waals surface area contributed by atoms with E-state index in [0.29, 0.717) is 0 Å². The SMILES string of the molecule is Cc1cc(S(=O)(=O)N[C@@H](CC(C)C)C(N)=O)c(Cl)cc1F. The van der Waals surface area contributed by atoms with E-state index in [0.717, 1.165) is 12.1 Å². The van der Waals surface area contributed by atoms with Gasteiger partial charge < -0.3 is 5.73 Å². The van der Waals surface area contributed by atoms with E-state index in [1.165, 1.54) is 6.92 Å². The maximum absolute atomic E-state index is 13.3. The number of nitrogens with one attached hydrogen (secondary N) is 1. The fourth-order valence-electron chi connectivity index (χ4n) is 1.78. The fourth-order valence-corrected chi connectivity index (χ4v) is 3.60. The van der Waals surface area contributed by atoms with Gasteiger partial charge in [-0.2, -0.15) is 4.72 Å². The van der Waals surface area contributed by atoms with Gasteiger partial charge in [0.25, 0.3) is 0 Å². The Morgan fingerprint density at radius 3 is 2.48 bits per heavy atom. The molecule has 0 aliphatic heterocycles. The summed E-state index contributed by atoms with van der Waals surface area (Å²) in [5, 5.41) is -0.252. The molecule has 1 rings (SSSR count). The summed E-state index contributed by atoms with van der Waals surface area (Å²) in [7, 11) is -4.07. The molecular weight excluding hydrogens is 319 g/mol. The van der Waals surface area contributed by atoms with E-state index in [1.807, 2.05) is 13.8 Å². The van der Waals surface area contributed by atoms with Crippen LogP contribution in [0.5, 0.6) is 0 Å². The van der Waals surface area contributed by atoms with Crippen molar-refractivity contribution in [3.8, 4) is 0 Å². The molecule has 0 bridgehead atoms. The van der Waals surface area contributed by atoms with Crippen LogP contribution in [-0.4, -0.2) is 20.4 Å². The minimum Gasteiger partial charge on any atom is -0.368 e. The zero-order valence-corrected chi connectivity index (χ0v) is 13.6. The minimum atomic E-state index is -4.07. The molecule has 0 aliphatic rings. The molecule has 118 valence electrons. The molecule has 0 radical (unpaired) electrons. The number of sulfonamides is 1. The maximum atomic E-state index is 13.3. The quantitative estimate of drug-likeness (QED) is 0.832. The molecule has 0 saturated carbocycles. The molecular formula is C13H18ClFN2O3S. The topological polar surface area (TPSA) is 89.3 Å². The molecule has 0 heterocycles. The van der Waals surface area contributed by atoms with Gasteiger partial charge in [0.15, 0.2) is 0 Å². The summed E-state index contributed by atoms with van der Waals surface area (Å²) in [5.74, 6) is -1.31. The molecule has 0 aliphatic carbocycles. The number of carbonyl (C=O) groups excluding carboxylic acids is 1. The normalized spacial score (nSPS) is 13.4. The van der Waals surface area contributed by atoms with Crippen molar-refractivity contribution in [1.82, 2.24) is 4.72 Å². The molecule has 1 amide bonds. The van der Waals surface area contributed by atoms with Crippen LogP contribution in [0.4, 0.5) is 4.39 Å². The fraction of sp³-hybridized carbons (Fsp3) is 0.462. The molecule has 0 aromatic heterocycles. The summed E-state index contributed by atoms with van der Waals surface area (Å²) >= 11 is 5.78. The number of aryl methyl sites for hydroxylation is 1. The van der Waals surface area contributed by atoms with Crippen molar-refractivity contribution in [3.63, 3.8) is 0 Å². The van der Waals surface area contributed by atoms with Gasteiger partial charge in [0.1, 0.15) is 16.8 Å². The van der Waals surface area contributed by atoms with Crippen LogP contribution in [0.1, 0.15) is 25.8 Å². The van der Waals surface area contributed by atoms with Crippen molar-refractivity contribution in [2.24, 2.45) is 11.7 Å². The van der Waals surface area contributed by atoms with E-state index in [4.69, 9.17) is 17.3 Å². The zero-order valence-electron chi connectivity index (χ0n) is 12.0. The first kappa shape index (κ1) is 17.9. The van der Waals surface area contributed by atoms with Crippen LogP contribution in [0.2, 0.25) is 5.02 Å². The summed E-state index contributed by atoms with van der Waals surface area (Å²) in [4.78, 5) is 11.1. The first-order valence-electron chi connectivity index (χ1n) is 6.32. The van der Waals surface area contributed by atoms with Gasteiger partial charge in [-0.3, -0.25) is 4.79 Å². The van der Waals surface area contributed by atoms with Gasteiger partial charge in [-0.15, -0.1) is 0 Å². The summed E-state index contributed by atoms with van der Waals surface area (Å²) in [6.45, 7) is 5.09. The third kappa shape index (κ3) is 4.66. The van der Waals surface area contributed by atoms with E-state index in [9.17, 15) is 17.6 Å². The zero-order chi connectivity index (χ0) is 16.4. The van der Waals surface area contributed by atoms with Crippen molar-refractivity contribution in [1.29, 1.82) is 0 Å². The van der Waals surface area contributed by atoms with Crippen LogP contribution in [0.25, 0.3) is 0 Å². The molecule has 1 aromatic carbocycles. The highest BCUT2D eigenvalue weighted by Gasteiger charge is 2.27. The van der Waals surface area contributed by atoms with Gasteiger partial charge in [0.05, 0.1) is 5.02 Å². The number of carbonyl (C=O) groups is 1. The van der Waals surface area contributed by atoms with E-state index in [1.54, 1.807) is 0 Å². The Hall–Kier alpha value is -1.18. The second-order valence-corrected chi connectivity index (χ2v) is 7.33. The molecule has 1 aromatic rings. The molecule has 8 heteroatoms. The number of hydrogen-bond acceptors (Lipinski definition) is 3. The highest BCUT2D eigenvalue weighted by molar-refractivity contribution is 7.89. The molecule has 0 saturated heterocycles. The highest BCUT2D eigenvalue weighted by Crippen LogP contribution is 2.25. The Bertz CT molecular complexity index is 647. The summed E-state index contributed by atoms with van der Waals surface area (Å²) in [5.41, 5.74) is 5.34. The third-order valence-electron chi connectivity index (χ3n) is 2.85. The monoisotopic (exact) mass is 336 g/mol. The van der Waals surface area contributed by atoms with Gasteiger partial charge in [-0.25, -0.2) is 12.8 Å². The largest absolute Gasteiger partial charge is 0.368 e. The van der Waals surface area contributed by atoms with Gasteiger partial charge in [0.2, 0.25) is 15.9 Å². The molecule has 21 heavy (non-hydrogen) atoms. The highest BCUT2D eigenvalue weighted by atomic mass is 35.5. The Morgan fingerprint density at radius 1 is 1.43 bits per heavy atom. The van der Waals surface area contributed by atoms with Gasteiger partial charge in [-0.1, -0.05) is 25.4 Å². The molecule has 0 fully saturated rings. The summed E-state index contributed by atoms with van der Waals surface area (Å²) < 4.78 is 40.1. The lowest BCUT2D eigenvalue weighted by Gasteiger charge is -2.18. The molecule has 0 spiro atoms. The summed E-state index contributed by atoms with van der Waals surface area (Å²) in [6, 6.07) is 0.997. The van der Waals surface area contributed by atoms with Crippen LogP contribution < -0.4 is 10.5 Å². The van der Waals surface area contributed by atoms with Crippen molar-refractivity contribution in [3.05, 3.63) is 28.5 Å². The Balaban J connectivity index is 3.16. The Kier molecular flexibility index (Phi) is 5.72. The van der Waals surface area contributed by atoms with Crippen LogP contribution in [-0.2, 0) is 14.8 Å². The van der Waals surface area contributed by atoms with Gasteiger partial charge in [-0.05, 0) is 37.0 Å². The number of rotatable bonds is 6. The predicted octanol–water partition coefficient (Wildman–Crippen LogP) is 1.97. The van der Waals surface area contributed by atoms with Gasteiger partial charge >= 0.3 is 0 Å². The number of nitrogens with two attached hydrogens (primary N) is 1. The van der Waals surface area contributed by atoms with Crippen molar-refractivity contribution < 1.29 is 17.6 Å². The summed E-state index contributed by atoms with van der Waals surface area (Å²) in [6.07, 6.45) is 0.256. The standard InChI is InChI=1S/C13H18ClFN2O3S/c1-7(2)4-11(13(16)18)17-21(19,20)12-5-8(3)10(15)6-9(12)14/h5-7,11,17H,4H2,1-3H3,(H2,16,18)/t11-/m0/s1. The first-order valence-corrected chi connectivity index (χ1v) is 8.18. The third-order valence-corrected chi connectivity index (χ3v) is 4.79. The Morgan fingerprint density at radius 2 is 2.00 bits per heavy atom.